The lowest BCUT2D eigenvalue weighted by atomic mass is 10.2. The van der Waals surface area contributed by atoms with E-state index < -0.39 is 0 Å². The lowest BCUT2D eigenvalue weighted by molar-refractivity contribution is -0.129. The lowest BCUT2D eigenvalue weighted by Crippen LogP contribution is -2.25. The fraction of sp³-hybridized carbons (Fsp3) is 0.455. The van der Waals surface area contributed by atoms with Crippen LogP contribution < -0.4 is 10.5 Å². The van der Waals surface area contributed by atoms with E-state index in [-0.39, 0.29) is 17.9 Å². The van der Waals surface area contributed by atoms with Gasteiger partial charge >= 0.3 is 0 Å². The molecule has 3 rings (SSSR count). The third-order valence-electron chi connectivity index (χ3n) is 3.38. The van der Waals surface area contributed by atoms with E-state index in [0.29, 0.717) is 30.0 Å². The molecule has 0 bridgehead atoms. The van der Waals surface area contributed by atoms with Crippen LogP contribution in [0.5, 0.6) is 5.88 Å². The smallest absolute Gasteiger partial charge is 0.245 e. The summed E-state index contributed by atoms with van der Waals surface area (Å²) in [5.74, 6) is 0.625. The van der Waals surface area contributed by atoms with E-state index >= 15 is 0 Å². The van der Waals surface area contributed by atoms with Crippen LogP contribution in [0.1, 0.15) is 12.5 Å². The molecule has 100 valence electrons. The minimum atomic E-state index is -0.352. The first-order valence-corrected chi connectivity index (χ1v) is 5.91. The third kappa shape index (κ3) is 1.60. The Kier molecular flexibility index (Phi) is 2.51. The van der Waals surface area contributed by atoms with Crippen molar-refractivity contribution in [1.82, 2.24) is 24.4 Å². The second-order valence-electron chi connectivity index (χ2n) is 4.46. The van der Waals surface area contributed by atoms with E-state index in [1.165, 1.54) is 13.4 Å². The molecule has 0 aliphatic carbocycles. The van der Waals surface area contributed by atoms with Crippen molar-refractivity contribution in [3.63, 3.8) is 0 Å². The number of fused-ring (bicyclic) bond motifs is 1. The Bertz CT molecular complexity index is 652. The van der Waals surface area contributed by atoms with Gasteiger partial charge < -0.3 is 15.4 Å². The van der Waals surface area contributed by atoms with Crippen molar-refractivity contribution in [3.8, 4) is 5.88 Å². The van der Waals surface area contributed by atoms with E-state index in [0.717, 1.165) is 0 Å². The van der Waals surface area contributed by atoms with Gasteiger partial charge in [0.2, 0.25) is 17.7 Å². The van der Waals surface area contributed by atoms with Gasteiger partial charge in [-0.2, -0.15) is 4.98 Å². The largest absolute Gasteiger partial charge is 0.479 e. The van der Waals surface area contributed by atoms with E-state index in [9.17, 15) is 4.79 Å². The molecule has 1 aliphatic heterocycles. The summed E-state index contributed by atoms with van der Waals surface area (Å²) in [5, 5.41) is 0. The Morgan fingerprint density at radius 1 is 1.47 bits per heavy atom. The summed E-state index contributed by atoms with van der Waals surface area (Å²) < 4.78 is 6.79. The number of aromatic nitrogens is 4. The Morgan fingerprint density at radius 3 is 2.89 bits per heavy atom. The molecule has 2 aromatic rings. The zero-order valence-electron chi connectivity index (χ0n) is 10.7. The maximum atomic E-state index is 12.1. The Labute approximate surface area is 109 Å². The molecule has 3 heterocycles. The number of nitrogens with two attached hydrogens (primary N) is 1. The molecule has 1 unspecified atom stereocenters. The number of carbonyl (C=O) groups excluding carboxylic acids is 1. The number of rotatable bonds is 2. The second kappa shape index (κ2) is 4.08. The van der Waals surface area contributed by atoms with Crippen molar-refractivity contribution in [2.45, 2.75) is 12.5 Å². The van der Waals surface area contributed by atoms with Crippen LogP contribution in [0.2, 0.25) is 0 Å². The maximum absolute atomic E-state index is 12.1. The van der Waals surface area contributed by atoms with E-state index in [2.05, 4.69) is 15.0 Å². The van der Waals surface area contributed by atoms with Crippen molar-refractivity contribution < 1.29 is 9.53 Å². The number of likely N-dealkylation sites (tertiary alicyclic amines) is 1. The highest BCUT2D eigenvalue weighted by Crippen LogP contribution is 2.30. The summed E-state index contributed by atoms with van der Waals surface area (Å²) in [7, 11) is 3.28. The first kappa shape index (κ1) is 11.7. The first-order chi connectivity index (χ1) is 9.13. The summed E-state index contributed by atoms with van der Waals surface area (Å²) in [6.45, 7) is 0.699. The van der Waals surface area contributed by atoms with E-state index in [1.807, 2.05) is 0 Å². The van der Waals surface area contributed by atoms with Gasteiger partial charge in [-0.05, 0) is 6.42 Å². The average molecular weight is 262 g/mol. The molecule has 8 nitrogen and oxygen atoms in total. The van der Waals surface area contributed by atoms with Crippen LogP contribution in [0.25, 0.3) is 11.2 Å². The van der Waals surface area contributed by atoms with Crippen molar-refractivity contribution in [2.75, 3.05) is 26.4 Å². The summed E-state index contributed by atoms with van der Waals surface area (Å²) in [5.41, 5.74) is 6.92. The van der Waals surface area contributed by atoms with Gasteiger partial charge in [0.25, 0.3) is 0 Å². The highest BCUT2D eigenvalue weighted by molar-refractivity contribution is 5.86. The molecule has 0 spiro atoms. The lowest BCUT2D eigenvalue weighted by Gasteiger charge is -2.13. The van der Waals surface area contributed by atoms with Gasteiger partial charge in [0.15, 0.2) is 11.2 Å². The van der Waals surface area contributed by atoms with Crippen molar-refractivity contribution in [1.29, 1.82) is 0 Å². The van der Waals surface area contributed by atoms with Gasteiger partial charge in [-0.25, -0.2) is 9.97 Å². The molecule has 2 aromatic heterocycles. The monoisotopic (exact) mass is 262 g/mol. The fourth-order valence-electron chi connectivity index (χ4n) is 2.41. The fourth-order valence-corrected chi connectivity index (χ4v) is 2.41. The molecule has 0 saturated carbocycles. The first-order valence-electron chi connectivity index (χ1n) is 5.91. The van der Waals surface area contributed by atoms with Gasteiger partial charge in [0, 0.05) is 13.6 Å². The predicted octanol–water partition coefficient (Wildman–Crippen LogP) is -0.180. The third-order valence-corrected chi connectivity index (χ3v) is 3.38. The Balaban J connectivity index is 2.19. The van der Waals surface area contributed by atoms with Crippen molar-refractivity contribution in [3.05, 3.63) is 6.33 Å². The molecular weight excluding hydrogens is 248 g/mol. The summed E-state index contributed by atoms with van der Waals surface area (Å²) in [6.07, 6.45) is 2.07. The van der Waals surface area contributed by atoms with Gasteiger partial charge in [-0.3, -0.25) is 9.36 Å². The number of methoxy groups -OCH3 is 1. The predicted molar refractivity (Wildman–Crippen MR) is 67.6 cm³/mol. The summed E-state index contributed by atoms with van der Waals surface area (Å²) in [4.78, 5) is 26.1. The number of hydrogen-bond donors (Lipinski definition) is 1. The van der Waals surface area contributed by atoms with Crippen LogP contribution in [-0.2, 0) is 4.79 Å². The van der Waals surface area contributed by atoms with Gasteiger partial charge in [0.1, 0.15) is 12.4 Å². The van der Waals surface area contributed by atoms with Crippen LogP contribution in [-0.4, -0.2) is 51.0 Å². The molecule has 19 heavy (non-hydrogen) atoms. The number of likely N-dealkylation sites (N-methyl/N-ethyl adjacent to an activating group) is 1. The zero-order valence-corrected chi connectivity index (χ0v) is 10.7. The zero-order chi connectivity index (χ0) is 13.6. The highest BCUT2D eigenvalue weighted by Gasteiger charge is 2.33. The van der Waals surface area contributed by atoms with Gasteiger partial charge in [0.05, 0.1) is 7.11 Å². The molecule has 2 N–H and O–H groups in total. The molecule has 0 radical (unpaired) electrons. The van der Waals surface area contributed by atoms with Gasteiger partial charge in [-0.15, -0.1) is 0 Å². The molecule has 0 aromatic carbocycles. The standard InChI is InChI=1S/C11H14N6O2/c1-16-4-3-6(10(16)18)17-8-7(15-11(17)12)9(19-2)14-5-13-8/h5-6H,3-4H2,1-2H3,(H2,12,15). The number of carbonyl (C=O) groups is 1. The topological polar surface area (TPSA) is 99.2 Å². The number of nitrogens with zero attached hydrogens (tertiary/aromatic N) is 5. The second-order valence-corrected chi connectivity index (χ2v) is 4.46. The van der Waals surface area contributed by atoms with E-state index in [4.69, 9.17) is 10.5 Å². The number of imidazole rings is 1. The SMILES string of the molecule is COc1ncnc2c1nc(N)n2C1CCN(C)C1=O. The number of ether oxygens (including phenoxy) is 1. The minimum absolute atomic E-state index is 0.0172. The summed E-state index contributed by atoms with van der Waals surface area (Å²) >= 11 is 0. The number of anilines is 1. The van der Waals surface area contributed by atoms with Crippen LogP contribution in [0.3, 0.4) is 0 Å². The Morgan fingerprint density at radius 2 is 2.26 bits per heavy atom. The normalized spacial score (nSPS) is 19.4. The quantitative estimate of drug-likeness (QED) is 0.806. The summed E-state index contributed by atoms with van der Waals surface area (Å²) in [6, 6.07) is -0.352. The van der Waals surface area contributed by atoms with Crippen molar-refractivity contribution >= 4 is 23.0 Å². The molecule has 1 atom stereocenters. The van der Waals surface area contributed by atoms with Crippen molar-refractivity contribution in [2.24, 2.45) is 0 Å². The van der Waals surface area contributed by atoms with E-state index in [1.54, 1.807) is 16.5 Å². The molecule has 1 fully saturated rings. The van der Waals surface area contributed by atoms with Gasteiger partial charge in [-0.1, -0.05) is 0 Å². The van der Waals surface area contributed by atoms with Crippen LogP contribution in [0.4, 0.5) is 5.95 Å². The maximum Gasteiger partial charge on any atom is 0.245 e. The minimum Gasteiger partial charge on any atom is -0.479 e. The van der Waals surface area contributed by atoms with Crippen LogP contribution in [0.15, 0.2) is 6.33 Å². The van der Waals surface area contributed by atoms with Crippen LogP contribution >= 0.6 is 0 Å². The molecule has 1 saturated heterocycles. The molecule has 1 amide bonds. The number of amides is 1. The average Bonchev–Trinajstić information content (AvgIpc) is 2.90. The molecule has 1 aliphatic rings. The number of hydrogen-bond acceptors (Lipinski definition) is 6. The molecule has 8 heteroatoms. The highest BCUT2D eigenvalue weighted by atomic mass is 16.5. The number of nitrogen functional groups attached to an aromatic ring is 1. The Hall–Kier alpha value is -2.38. The van der Waals surface area contributed by atoms with Crippen LogP contribution in [0, 0.1) is 0 Å². The molecular formula is C11H14N6O2.